The Balaban J connectivity index is 1.73. The van der Waals surface area contributed by atoms with Crippen LogP contribution in [0.5, 0.6) is 0 Å². The Kier molecular flexibility index (Phi) is 4.11. The van der Waals surface area contributed by atoms with Gasteiger partial charge in [0, 0.05) is 30.7 Å². The molecule has 1 aromatic heterocycles. The van der Waals surface area contributed by atoms with Crippen LogP contribution in [0.25, 0.3) is 5.69 Å². The number of aryl methyl sites for hydroxylation is 1. The zero-order chi connectivity index (χ0) is 15.5. The SMILES string of the molecule is Cc1ccnn1-c1cccc(NC(=O)N2CCC[C@H](O)C2)c1. The minimum Gasteiger partial charge on any atom is -0.391 e. The maximum absolute atomic E-state index is 12.3. The van der Waals surface area contributed by atoms with Crippen LogP contribution in [0.1, 0.15) is 18.5 Å². The molecular weight excluding hydrogens is 280 g/mol. The molecular formula is C16H20N4O2. The molecule has 2 N–H and O–H groups in total. The second-order valence-corrected chi connectivity index (χ2v) is 5.61. The second-order valence-electron chi connectivity index (χ2n) is 5.61. The molecule has 6 heteroatoms. The molecule has 0 radical (unpaired) electrons. The number of nitrogens with zero attached hydrogens (tertiary/aromatic N) is 3. The normalized spacial score (nSPS) is 18.3. The Hall–Kier alpha value is -2.34. The predicted molar refractivity (Wildman–Crippen MR) is 84.1 cm³/mol. The summed E-state index contributed by atoms with van der Waals surface area (Å²) in [6.45, 7) is 3.05. The Morgan fingerprint density at radius 1 is 1.41 bits per heavy atom. The topological polar surface area (TPSA) is 70.4 Å². The van der Waals surface area contributed by atoms with Crippen molar-refractivity contribution in [2.75, 3.05) is 18.4 Å². The molecule has 0 bridgehead atoms. The fraction of sp³-hybridized carbons (Fsp3) is 0.375. The third-order valence-electron chi connectivity index (χ3n) is 3.86. The van der Waals surface area contributed by atoms with Crippen LogP contribution in [0.3, 0.4) is 0 Å². The smallest absolute Gasteiger partial charge is 0.321 e. The van der Waals surface area contributed by atoms with Crippen LogP contribution >= 0.6 is 0 Å². The molecule has 6 nitrogen and oxygen atoms in total. The monoisotopic (exact) mass is 300 g/mol. The molecule has 116 valence electrons. The fourth-order valence-electron chi connectivity index (χ4n) is 2.70. The Morgan fingerprint density at radius 3 is 3.00 bits per heavy atom. The molecule has 1 fully saturated rings. The Morgan fingerprint density at radius 2 is 2.27 bits per heavy atom. The van der Waals surface area contributed by atoms with E-state index in [4.69, 9.17) is 0 Å². The number of aliphatic hydroxyl groups excluding tert-OH is 1. The van der Waals surface area contributed by atoms with Gasteiger partial charge in [-0.15, -0.1) is 0 Å². The third-order valence-corrected chi connectivity index (χ3v) is 3.86. The molecule has 0 unspecified atom stereocenters. The number of piperidine rings is 1. The first-order valence-corrected chi connectivity index (χ1v) is 7.48. The van der Waals surface area contributed by atoms with E-state index in [0.717, 1.165) is 29.9 Å². The number of carbonyl (C=O) groups excluding carboxylic acids is 1. The minimum absolute atomic E-state index is 0.173. The van der Waals surface area contributed by atoms with Gasteiger partial charge in [0.25, 0.3) is 0 Å². The summed E-state index contributed by atoms with van der Waals surface area (Å²) in [7, 11) is 0. The summed E-state index contributed by atoms with van der Waals surface area (Å²) in [6.07, 6.45) is 2.92. The van der Waals surface area contributed by atoms with E-state index in [9.17, 15) is 9.90 Å². The summed E-state index contributed by atoms with van der Waals surface area (Å²) in [6, 6.07) is 9.32. The highest BCUT2D eigenvalue weighted by Gasteiger charge is 2.22. The standard InChI is InChI=1S/C16H20N4O2/c1-12-7-8-17-20(12)14-5-2-4-13(10-14)18-16(22)19-9-3-6-15(21)11-19/h2,4-5,7-8,10,15,21H,3,6,9,11H2,1H3,(H,18,22)/t15-/m0/s1. The van der Waals surface area contributed by atoms with Crippen molar-refractivity contribution in [3.05, 3.63) is 42.2 Å². The van der Waals surface area contributed by atoms with Gasteiger partial charge < -0.3 is 15.3 Å². The highest BCUT2D eigenvalue weighted by molar-refractivity contribution is 5.89. The van der Waals surface area contributed by atoms with Crippen LogP contribution in [-0.4, -0.2) is 45.0 Å². The minimum atomic E-state index is -0.419. The van der Waals surface area contributed by atoms with Crippen molar-refractivity contribution in [3.8, 4) is 5.69 Å². The second kappa shape index (κ2) is 6.19. The van der Waals surface area contributed by atoms with E-state index in [1.54, 1.807) is 11.1 Å². The number of aliphatic hydroxyl groups is 1. The van der Waals surface area contributed by atoms with Crippen LogP contribution in [0.4, 0.5) is 10.5 Å². The molecule has 22 heavy (non-hydrogen) atoms. The molecule has 3 rings (SSSR count). The van der Waals surface area contributed by atoms with Crippen LogP contribution in [0, 0.1) is 6.92 Å². The van der Waals surface area contributed by atoms with Gasteiger partial charge in [0.15, 0.2) is 0 Å². The number of anilines is 1. The van der Waals surface area contributed by atoms with Crippen molar-refractivity contribution in [3.63, 3.8) is 0 Å². The van der Waals surface area contributed by atoms with Crippen molar-refractivity contribution in [2.45, 2.75) is 25.9 Å². The Bertz CT molecular complexity index is 668. The number of likely N-dealkylation sites (tertiary alicyclic amines) is 1. The summed E-state index contributed by atoms with van der Waals surface area (Å²) >= 11 is 0. The van der Waals surface area contributed by atoms with Gasteiger partial charge in [0.1, 0.15) is 0 Å². The van der Waals surface area contributed by atoms with Gasteiger partial charge in [-0.1, -0.05) is 6.07 Å². The van der Waals surface area contributed by atoms with Gasteiger partial charge in [-0.2, -0.15) is 5.10 Å². The largest absolute Gasteiger partial charge is 0.391 e. The molecule has 1 aliphatic heterocycles. The average Bonchev–Trinajstić information content (AvgIpc) is 2.94. The van der Waals surface area contributed by atoms with Crippen molar-refractivity contribution in [1.82, 2.24) is 14.7 Å². The molecule has 2 heterocycles. The van der Waals surface area contributed by atoms with E-state index in [2.05, 4.69) is 10.4 Å². The van der Waals surface area contributed by atoms with E-state index in [1.807, 2.05) is 41.9 Å². The third kappa shape index (κ3) is 3.12. The summed E-state index contributed by atoms with van der Waals surface area (Å²) in [5.74, 6) is 0. The molecule has 0 saturated carbocycles. The number of hydrogen-bond acceptors (Lipinski definition) is 3. The summed E-state index contributed by atoms with van der Waals surface area (Å²) in [5, 5.41) is 16.8. The number of aromatic nitrogens is 2. The maximum Gasteiger partial charge on any atom is 0.321 e. The summed E-state index contributed by atoms with van der Waals surface area (Å²) < 4.78 is 1.82. The maximum atomic E-state index is 12.3. The van der Waals surface area contributed by atoms with Gasteiger partial charge in [0.05, 0.1) is 11.8 Å². The molecule has 1 aliphatic rings. The van der Waals surface area contributed by atoms with Crippen molar-refractivity contribution < 1.29 is 9.90 Å². The van der Waals surface area contributed by atoms with E-state index < -0.39 is 6.10 Å². The molecule has 1 atom stereocenters. The zero-order valence-corrected chi connectivity index (χ0v) is 12.6. The van der Waals surface area contributed by atoms with Gasteiger partial charge in [-0.05, 0) is 44.0 Å². The number of nitrogens with one attached hydrogen (secondary N) is 1. The van der Waals surface area contributed by atoms with E-state index in [1.165, 1.54) is 0 Å². The predicted octanol–water partition coefficient (Wildman–Crippen LogP) is 2.17. The molecule has 0 aliphatic carbocycles. The first-order chi connectivity index (χ1) is 10.6. The van der Waals surface area contributed by atoms with Crippen molar-refractivity contribution >= 4 is 11.7 Å². The van der Waals surface area contributed by atoms with Gasteiger partial charge in [-0.3, -0.25) is 0 Å². The van der Waals surface area contributed by atoms with E-state index >= 15 is 0 Å². The van der Waals surface area contributed by atoms with Crippen LogP contribution < -0.4 is 5.32 Å². The summed E-state index contributed by atoms with van der Waals surface area (Å²) in [5.41, 5.74) is 2.65. The first kappa shape index (κ1) is 14.6. The molecule has 1 saturated heterocycles. The van der Waals surface area contributed by atoms with Crippen molar-refractivity contribution in [1.29, 1.82) is 0 Å². The molecule has 2 amide bonds. The quantitative estimate of drug-likeness (QED) is 0.893. The average molecular weight is 300 g/mol. The first-order valence-electron chi connectivity index (χ1n) is 7.48. The van der Waals surface area contributed by atoms with Gasteiger partial charge in [-0.25, -0.2) is 9.48 Å². The van der Waals surface area contributed by atoms with Gasteiger partial charge >= 0.3 is 6.03 Å². The van der Waals surface area contributed by atoms with Crippen LogP contribution in [0.2, 0.25) is 0 Å². The lowest BCUT2D eigenvalue weighted by atomic mass is 10.1. The number of rotatable bonds is 2. The fourth-order valence-corrected chi connectivity index (χ4v) is 2.70. The molecule has 0 spiro atoms. The highest BCUT2D eigenvalue weighted by Crippen LogP contribution is 2.17. The number of hydrogen-bond donors (Lipinski definition) is 2. The lowest BCUT2D eigenvalue weighted by molar-refractivity contribution is 0.0883. The number of benzene rings is 1. The van der Waals surface area contributed by atoms with Crippen LogP contribution in [-0.2, 0) is 0 Å². The number of carbonyl (C=O) groups is 1. The lowest BCUT2D eigenvalue weighted by Gasteiger charge is -2.30. The van der Waals surface area contributed by atoms with Crippen molar-refractivity contribution in [2.24, 2.45) is 0 Å². The lowest BCUT2D eigenvalue weighted by Crippen LogP contribution is -2.44. The summed E-state index contributed by atoms with van der Waals surface area (Å²) in [4.78, 5) is 13.9. The number of β-amino-alcohol motifs (C(OH)–C–C–N with tert-alkyl or cyclic N) is 1. The molecule has 2 aromatic rings. The zero-order valence-electron chi connectivity index (χ0n) is 12.6. The van der Waals surface area contributed by atoms with E-state index in [0.29, 0.717) is 13.1 Å². The van der Waals surface area contributed by atoms with Crippen LogP contribution in [0.15, 0.2) is 36.5 Å². The molecule has 1 aromatic carbocycles. The van der Waals surface area contributed by atoms with Gasteiger partial charge in [0.2, 0.25) is 0 Å². The Labute approximate surface area is 129 Å². The number of urea groups is 1. The number of amides is 2. The van der Waals surface area contributed by atoms with E-state index in [-0.39, 0.29) is 6.03 Å². The highest BCUT2D eigenvalue weighted by atomic mass is 16.3.